The molecular weight excluding hydrogens is 215 g/mol. The van der Waals surface area contributed by atoms with Crippen molar-refractivity contribution in [1.82, 2.24) is 10.2 Å². The molecule has 1 aliphatic rings. The molecule has 2 nitrogen and oxygen atoms in total. The first kappa shape index (κ1) is 14.9. The average molecular weight is 244 g/mol. The molecule has 1 saturated heterocycles. The van der Waals surface area contributed by atoms with Crippen molar-refractivity contribution in [3.63, 3.8) is 0 Å². The third-order valence-corrected chi connectivity index (χ3v) is 3.71. The lowest BCUT2D eigenvalue weighted by Crippen LogP contribution is -2.60. The van der Waals surface area contributed by atoms with Gasteiger partial charge in [-0.3, -0.25) is 9.29 Å². The number of hydrogen-bond donors (Lipinski definition) is 1. The van der Waals surface area contributed by atoms with E-state index in [4.69, 9.17) is 0 Å². The first-order chi connectivity index (χ1) is 7.99. The van der Waals surface area contributed by atoms with Crippen LogP contribution in [0, 0.1) is 5.41 Å². The average Bonchev–Trinajstić information content (AvgIpc) is 2.25. The fourth-order valence-electron chi connectivity index (χ4n) is 2.79. The molecule has 0 radical (unpaired) electrons. The van der Waals surface area contributed by atoms with E-state index in [9.17, 15) is 4.39 Å². The topological polar surface area (TPSA) is 15.3 Å². The second-order valence-electron chi connectivity index (χ2n) is 6.31. The van der Waals surface area contributed by atoms with Gasteiger partial charge >= 0.3 is 0 Å². The van der Waals surface area contributed by atoms with E-state index in [0.29, 0.717) is 18.5 Å². The number of halogens is 1. The normalized spacial score (nSPS) is 27.4. The van der Waals surface area contributed by atoms with Crippen molar-refractivity contribution in [3.05, 3.63) is 0 Å². The minimum Gasteiger partial charge on any atom is -0.311 e. The third kappa shape index (κ3) is 4.55. The number of alkyl halides is 1. The Morgan fingerprint density at radius 3 is 2.59 bits per heavy atom. The summed E-state index contributed by atoms with van der Waals surface area (Å²) in [4.78, 5) is 2.50. The second-order valence-corrected chi connectivity index (χ2v) is 6.31. The van der Waals surface area contributed by atoms with Gasteiger partial charge in [0.1, 0.15) is 0 Å². The molecule has 1 rings (SSSR count). The maximum atomic E-state index is 12.4. The highest BCUT2D eigenvalue weighted by Gasteiger charge is 2.34. The van der Waals surface area contributed by atoms with E-state index in [1.165, 1.54) is 12.8 Å². The van der Waals surface area contributed by atoms with E-state index < -0.39 is 0 Å². The SMILES string of the molecule is CCCC1CN(CCCF)C(C(C)(C)C)CN1. The van der Waals surface area contributed by atoms with E-state index >= 15 is 0 Å². The summed E-state index contributed by atoms with van der Waals surface area (Å²) in [5.41, 5.74) is 0.264. The van der Waals surface area contributed by atoms with E-state index in [-0.39, 0.29) is 12.1 Å². The van der Waals surface area contributed by atoms with Crippen LogP contribution >= 0.6 is 0 Å². The molecule has 2 unspecified atom stereocenters. The zero-order valence-corrected chi connectivity index (χ0v) is 11.9. The van der Waals surface area contributed by atoms with Crippen molar-refractivity contribution < 1.29 is 4.39 Å². The van der Waals surface area contributed by atoms with Crippen LogP contribution < -0.4 is 5.32 Å². The number of rotatable bonds is 5. The van der Waals surface area contributed by atoms with Crippen molar-refractivity contribution in [2.75, 3.05) is 26.3 Å². The van der Waals surface area contributed by atoms with Crippen LogP contribution in [-0.4, -0.2) is 43.3 Å². The third-order valence-electron chi connectivity index (χ3n) is 3.71. The molecule has 0 amide bonds. The fourth-order valence-corrected chi connectivity index (χ4v) is 2.79. The van der Waals surface area contributed by atoms with Gasteiger partial charge in [0, 0.05) is 31.7 Å². The molecule has 1 aliphatic heterocycles. The van der Waals surface area contributed by atoms with Crippen molar-refractivity contribution in [3.8, 4) is 0 Å². The van der Waals surface area contributed by atoms with Crippen LogP contribution in [0.2, 0.25) is 0 Å². The molecule has 0 spiro atoms. The molecule has 0 aromatic carbocycles. The predicted molar refractivity (Wildman–Crippen MR) is 72.1 cm³/mol. The molecule has 0 aromatic heterocycles. The molecule has 1 fully saturated rings. The van der Waals surface area contributed by atoms with Crippen LogP contribution in [0.15, 0.2) is 0 Å². The fraction of sp³-hybridized carbons (Fsp3) is 1.00. The smallest absolute Gasteiger partial charge is 0.0906 e. The summed E-state index contributed by atoms with van der Waals surface area (Å²) in [5.74, 6) is 0. The molecule has 0 aliphatic carbocycles. The molecule has 3 heteroatoms. The Bertz CT molecular complexity index is 213. The minimum absolute atomic E-state index is 0.195. The van der Waals surface area contributed by atoms with E-state index in [2.05, 4.69) is 37.9 Å². The Hall–Kier alpha value is -0.150. The van der Waals surface area contributed by atoms with Gasteiger partial charge in [-0.15, -0.1) is 0 Å². The Balaban J connectivity index is 2.59. The summed E-state index contributed by atoms with van der Waals surface area (Å²) in [6.45, 7) is 11.9. The molecule has 1 heterocycles. The van der Waals surface area contributed by atoms with Crippen LogP contribution in [0.3, 0.4) is 0 Å². The van der Waals surface area contributed by atoms with Crippen molar-refractivity contribution in [2.45, 2.75) is 59.0 Å². The van der Waals surface area contributed by atoms with Crippen LogP contribution in [0.4, 0.5) is 4.39 Å². The van der Waals surface area contributed by atoms with Crippen LogP contribution in [0.25, 0.3) is 0 Å². The molecule has 2 atom stereocenters. The zero-order valence-electron chi connectivity index (χ0n) is 11.9. The Kier molecular flexibility index (Phi) is 5.87. The van der Waals surface area contributed by atoms with Crippen molar-refractivity contribution in [1.29, 1.82) is 0 Å². The Labute approximate surface area is 106 Å². The van der Waals surface area contributed by atoms with Gasteiger partial charge < -0.3 is 5.32 Å². The van der Waals surface area contributed by atoms with Gasteiger partial charge in [-0.25, -0.2) is 0 Å². The molecule has 0 aromatic rings. The highest BCUT2D eigenvalue weighted by molar-refractivity contribution is 4.92. The van der Waals surface area contributed by atoms with E-state index in [0.717, 1.165) is 19.6 Å². The monoisotopic (exact) mass is 244 g/mol. The number of nitrogens with one attached hydrogen (secondary N) is 1. The van der Waals surface area contributed by atoms with Crippen molar-refractivity contribution >= 4 is 0 Å². The standard InChI is InChI=1S/C14H29FN2/c1-5-7-12-11-17(9-6-8-15)13(10-16-12)14(2,3)4/h12-13,16H,5-11H2,1-4H3. The van der Waals surface area contributed by atoms with E-state index in [1.807, 2.05) is 0 Å². The van der Waals surface area contributed by atoms with Crippen LogP contribution in [-0.2, 0) is 0 Å². The molecule has 0 saturated carbocycles. The lowest BCUT2D eigenvalue weighted by atomic mass is 9.83. The van der Waals surface area contributed by atoms with Gasteiger partial charge in [0.25, 0.3) is 0 Å². The molecule has 102 valence electrons. The molecular formula is C14H29FN2. The lowest BCUT2D eigenvalue weighted by molar-refractivity contribution is 0.0515. The quantitative estimate of drug-likeness (QED) is 0.800. The lowest BCUT2D eigenvalue weighted by Gasteiger charge is -2.46. The summed E-state index contributed by atoms with van der Waals surface area (Å²) < 4.78 is 12.4. The van der Waals surface area contributed by atoms with Gasteiger partial charge in [0.2, 0.25) is 0 Å². The highest BCUT2D eigenvalue weighted by Crippen LogP contribution is 2.27. The number of hydrogen-bond acceptors (Lipinski definition) is 2. The highest BCUT2D eigenvalue weighted by atomic mass is 19.1. The minimum atomic E-state index is -0.195. The number of nitrogens with zero attached hydrogens (tertiary/aromatic N) is 1. The Morgan fingerprint density at radius 2 is 2.06 bits per heavy atom. The largest absolute Gasteiger partial charge is 0.311 e. The maximum absolute atomic E-state index is 12.4. The summed E-state index contributed by atoms with van der Waals surface area (Å²) in [5, 5.41) is 3.65. The summed E-state index contributed by atoms with van der Waals surface area (Å²) in [6.07, 6.45) is 3.11. The summed E-state index contributed by atoms with van der Waals surface area (Å²) in [6, 6.07) is 1.13. The molecule has 17 heavy (non-hydrogen) atoms. The van der Waals surface area contributed by atoms with Gasteiger partial charge in [0.15, 0.2) is 0 Å². The van der Waals surface area contributed by atoms with Crippen molar-refractivity contribution in [2.24, 2.45) is 5.41 Å². The van der Waals surface area contributed by atoms with Gasteiger partial charge in [-0.2, -0.15) is 0 Å². The van der Waals surface area contributed by atoms with Gasteiger partial charge in [-0.1, -0.05) is 34.1 Å². The first-order valence-electron chi connectivity index (χ1n) is 7.02. The number of piperazine rings is 1. The molecule has 1 N–H and O–H groups in total. The van der Waals surface area contributed by atoms with Crippen LogP contribution in [0.1, 0.15) is 47.0 Å². The molecule has 0 bridgehead atoms. The summed E-state index contributed by atoms with van der Waals surface area (Å²) >= 11 is 0. The summed E-state index contributed by atoms with van der Waals surface area (Å²) in [7, 11) is 0. The van der Waals surface area contributed by atoms with Crippen LogP contribution in [0.5, 0.6) is 0 Å². The second kappa shape index (κ2) is 6.69. The zero-order chi connectivity index (χ0) is 12.9. The predicted octanol–water partition coefficient (Wildman–Crippen LogP) is 2.83. The Morgan fingerprint density at radius 1 is 1.35 bits per heavy atom. The van der Waals surface area contributed by atoms with E-state index in [1.54, 1.807) is 0 Å². The van der Waals surface area contributed by atoms with Gasteiger partial charge in [-0.05, 0) is 18.3 Å². The first-order valence-corrected chi connectivity index (χ1v) is 7.02. The maximum Gasteiger partial charge on any atom is 0.0906 e. The van der Waals surface area contributed by atoms with Gasteiger partial charge in [0.05, 0.1) is 6.67 Å².